The topological polar surface area (TPSA) is 91.0 Å². The predicted octanol–water partition coefficient (Wildman–Crippen LogP) is 4.50. The minimum atomic E-state index is -4.52. The van der Waals surface area contributed by atoms with Gasteiger partial charge in [-0.2, -0.15) is 18.3 Å². The summed E-state index contributed by atoms with van der Waals surface area (Å²) in [5, 5.41) is 8.73. The molecule has 3 heterocycles. The predicted molar refractivity (Wildman–Crippen MR) is 118 cm³/mol. The van der Waals surface area contributed by atoms with Gasteiger partial charge in [0, 0.05) is 17.8 Å². The largest absolute Gasteiger partial charge is 0.466 e. The Morgan fingerprint density at radius 3 is 2.65 bits per heavy atom. The van der Waals surface area contributed by atoms with Gasteiger partial charge in [0.2, 0.25) is 0 Å². The number of anilines is 1. The first-order valence-corrected chi connectivity index (χ1v) is 10.9. The highest BCUT2D eigenvalue weighted by molar-refractivity contribution is 7.14. The fourth-order valence-corrected chi connectivity index (χ4v) is 3.90. The Kier molecular flexibility index (Phi) is 6.50. The molecule has 0 fully saturated rings. The molecule has 3 aromatic heterocycles. The van der Waals surface area contributed by atoms with Crippen LogP contribution in [-0.4, -0.2) is 37.8 Å². The van der Waals surface area contributed by atoms with Crippen LogP contribution in [0, 0.1) is 0 Å². The normalized spacial score (nSPS) is 11.4. The Balaban J connectivity index is 1.65. The highest BCUT2D eigenvalue weighted by Crippen LogP contribution is 2.31. The molecule has 0 aliphatic carbocycles. The minimum Gasteiger partial charge on any atom is -0.466 e. The van der Waals surface area contributed by atoms with Gasteiger partial charge in [0.05, 0.1) is 36.2 Å². The third-order valence-electron chi connectivity index (χ3n) is 4.66. The Hall–Kier alpha value is -3.93. The molecule has 1 amide bonds. The van der Waals surface area contributed by atoms with Crippen molar-refractivity contribution in [3.05, 3.63) is 77.2 Å². The van der Waals surface area contributed by atoms with Crippen LogP contribution in [0.1, 0.15) is 28.5 Å². The molecule has 0 spiro atoms. The minimum absolute atomic E-state index is 0.0255. The molecule has 8 nitrogen and oxygen atoms in total. The van der Waals surface area contributed by atoms with Crippen LogP contribution in [0.15, 0.2) is 60.4 Å². The number of carbonyl (C=O) groups excluding carboxylic acids is 2. The number of rotatable bonds is 7. The number of amides is 1. The first-order valence-electron chi connectivity index (χ1n) is 10.1. The highest BCUT2D eigenvalue weighted by atomic mass is 32.1. The molecule has 4 aromatic rings. The standard InChI is InChI=1S/C22H18F3N5O3S/c1-2-33-18(31)11-15-13-34-21(27-15)28-19(32)17-12-26-30(20(17)29-8-3-4-9-29)16-7-5-6-14(10-16)22(23,24)25/h3-10,12-13H,2,11H2,1H3,(H,27,28,32). The molecule has 0 bridgehead atoms. The molecule has 0 aliphatic rings. The highest BCUT2D eigenvalue weighted by Gasteiger charge is 2.31. The van der Waals surface area contributed by atoms with E-state index in [-0.39, 0.29) is 35.2 Å². The average Bonchev–Trinajstić information content (AvgIpc) is 3.54. The number of hydrogen-bond acceptors (Lipinski definition) is 6. The molecule has 0 unspecified atom stereocenters. The van der Waals surface area contributed by atoms with Crippen LogP contribution >= 0.6 is 11.3 Å². The van der Waals surface area contributed by atoms with Crippen LogP contribution in [0.25, 0.3) is 11.5 Å². The third-order valence-corrected chi connectivity index (χ3v) is 5.47. The maximum absolute atomic E-state index is 13.2. The van der Waals surface area contributed by atoms with Gasteiger partial charge in [-0.15, -0.1) is 11.3 Å². The summed E-state index contributed by atoms with van der Waals surface area (Å²) in [5.74, 6) is -0.730. The average molecular weight is 489 g/mol. The van der Waals surface area contributed by atoms with E-state index in [1.54, 1.807) is 41.4 Å². The van der Waals surface area contributed by atoms with Crippen molar-refractivity contribution in [3.8, 4) is 11.5 Å². The molecule has 12 heteroatoms. The maximum Gasteiger partial charge on any atom is 0.416 e. The van der Waals surface area contributed by atoms with Crippen molar-refractivity contribution in [2.75, 3.05) is 11.9 Å². The number of thiazole rings is 1. The zero-order valence-corrected chi connectivity index (χ0v) is 18.6. The zero-order chi connectivity index (χ0) is 24.3. The summed E-state index contributed by atoms with van der Waals surface area (Å²) in [7, 11) is 0. The van der Waals surface area contributed by atoms with E-state index in [4.69, 9.17) is 4.74 Å². The fraction of sp³-hybridized carbons (Fsp3) is 0.182. The first-order chi connectivity index (χ1) is 16.3. The van der Waals surface area contributed by atoms with Crippen molar-refractivity contribution < 1.29 is 27.5 Å². The Morgan fingerprint density at radius 2 is 1.94 bits per heavy atom. The van der Waals surface area contributed by atoms with E-state index in [0.29, 0.717) is 5.69 Å². The van der Waals surface area contributed by atoms with Crippen LogP contribution < -0.4 is 5.32 Å². The molecule has 0 radical (unpaired) electrons. The van der Waals surface area contributed by atoms with E-state index >= 15 is 0 Å². The van der Waals surface area contributed by atoms with Crippen molar-refractivity contribution in [1.29, 1.82) is 0 Å². The van der Waals surface area contributed by atoms with Gasteiger partial charge in [0.1, 0.15) is 5.56 Å². The van der Waals surface area contributed by atoms with Crippen molar-refractivity contribution in [1.82, 2.24) is 19.3 Å². The van der Waals surface area contributed by atoms with Gasteiger partial charge in [-0.05, 0) is 37.3 Å². The number of nitrogens with zero attached hydrogens (tertiary/aromatic N) is 4. The Bertz CT molecular complexity index is 1310. The van der Waals surface area contributed by atoms with Crippen LogP contribution in [0.4, 0.5) is 18.3 Å². The number of esters is 1. The molecular formula is C22H18F3N5O3S. The molecule has 1 N–H and O–H groups in total. The fourth-order valence-electron chi connectivity index (χ4n) is 3.20. The number of halogens is 3. The van der Waals surface area contributed by atoms with Gasteiger partial charge < -0.3 is 9.30 Å². The lowest BCUT2D eigenvalue weighted by molar-refractivity contribution is -0.142. The van der Waals surface area contributed by atoms with Gasteiger partial charge in [-0.25, -0.2) is 9.67 Å². The maximum atomic E-state index is 13.2. The number of hydrogen-bond donors (Lipinski definition) is 1. The van der Waals surface area contributed by atoms with Gasteiger partial charge in [-0.1, -0.05) is 6.07 Å². The van der Waals surface area contributed by atoms with E-state index in [9.17, 15) is 22.8 Å². The quantitative estimate of drug-likeness (QED) is 0.386. The van der Waals surface area contributed by atoms with Crippen LogP contribution in [0.2, 0.25) is 0 Å². The second-order valence-corrected chi connectivity index (χ2v) is 7.87. The number of benzene rings is 1. The molecule has 1 aromatic carbocycles. The van der Waals surface area contributed by atoms with Crippen molar-refractivity contribution >= 4 is 28.3 Å². The number of ether oxygens (including phenoxy) is 1. The molecule has 34 heavy (non-hydrogen) atoms. The number of carbonyl (C=O) groups is 2. The molecule has 0 aliphatic heterocycles. The molecule has 176 valence electrons. The SMILES string of the molecule is CCOC(=O)Cc1csc(NC(=O)c2cnn(-c3cccc(C(F)(F)F)c3)c2-n2cccc2)n1. The van der Waals surface area contributed by atoms with E-state index in [1.807, 2.05) is 0 Å². The van der Waals surface area contributed by atoms with E-state index in [2.05, 4.69) is 15.4 Å². The van der Waals surface area contributed by atoms with Gasteiger partial charge in [0.15, 0.2) is 10.9 Å². The monoisotopic (exact) mass is 489 g/mol. The zero-order valence-electron chi connectivity index (χ0n) is 17.7. The molecule has 0 saturated heterocycles. The van der Waals surface area contributed by atoms with Crippen molar-refractivity contribution in [3.63, 3.8) is 0 Å². The smallest absolute Gasteiger partial charge is 0.416 e. The Morgan fingerprint density at radius 1 is 1.18 bits per heavy atom. The summed E-state index contributed by atoms with van der Waals surface area (Å²) in [4.78, 5) is 28.9. The third kappa shape index (κ3) is 5.01. The van der Waals surface area contributed by atoms with Crippen LogP contribution in [-0.2, 0) is 22.1 Å². The number of aromatic nitrogens is 4. The summed E-state index contributed by atoms with van der Waals surface area (Å²) in [5.41, 5.74) is -0.120. The molecular weight excluding hydrogens is 471 g/mol. The van der Waals surface area contributed by atoms with Gasteiger partial charge in [0.25, 0.3) is 5.91 Å². The molecule has 0 atom stereocenters. The second-order valence-electron chi connectivity index (χ2n) is 7.01. The Labute approximate surface area is 195 Å². The number of nitrogens with one attached hydrogen (secondary N) is 1. The summed E-state index contributed by atoms with van der Waals surface area (Å²) in [6, 6.07) is 8.11. The second kappa shape index (κ2) is 9.51. The lowest BCUT2D eigenvalue weighted by Crippen LogP contribution is -2.15. The van der Waals surface area contributed by atoms with E-state index in [1.165, 1.54) is 23.0 Å². The number of alkyl halides is 3. The lowest BCUT2D eigenvalue weighted by Gasteiger charge is -2.13. The van der Waals surface area contributed by atoms with Crippen molar-refractivity contribution in [2.45, 2.75) is 19.5 Å². The van der Waals surface area contributed by atoms with E-state index in [0.717, 1.165) is 23.5 Å². The van der Waals surface area contributed by atoms with E-state index < -0.39 is 23.6 Å². The van der Waals surface area contributed by atoms with Crippen LogP contribution in [0.5, 0.6) is 0 Å². The lowest BCUT2D eigenvalue weighted by atomic mass is 10.2. The molecule has 4 rings (SSSR count). The summed E-state index contributed by atoms with van der Waals surface area (Å²) in [6.45, 7) is 1.96. The van der Waals surface area contributed by atoms with Crippen LogP contribution in [0.3, 0.4) is 0 Å². The van der Waals surface area contributed by atoms with Gasteiger partial charge >= 0.3 is 12.1 Å². The summed E-state index contributed by atoms with van der Waals surface area (Å²) < 4.78 is 47.4. The van der Waals surface area contributed by atoms with Crippen molar-refractivity contribution in [2.24, 2.45) is 0 Å². The summed E-state index contributed by atoms with van der Waals surface area (Å²) in [6.07, 6.45) is 0.0287. The molecule has 0 saturated carbocycles. The summed E-state index contributed by atoms with van der Waals surface area (Å²) >= 11 is 1.13. The first kappa shape index (κ1) is 23.2. The van der Waals surface area contributed by atoms with Gasteiger partial charge in [-0.3, -0.25) is 14.9 Å².